The smallest absolute Gasteiger partial charge is 0.0190 e. The molecule has 0 amide bonds. The Hall–Kier alpha value is -1.92. The first-order chi connectivity index (χ1) is 10.8. The van der Waals surface area contributed by atoms with E-state index in [1.807, 2.05) is 78.9 Å². The molecule has 0 N–H and O–H groups in total. The van der Waals surface area contributed by atoms with Crippen LogP contribution in [-0.4, -0.2) is 0 Å². The molecule has 0 atom stereocenters. The van der Waals surface area contributed by atoms with Gasteiger partial charge in [0.25, 0.3) is 0 Å². The SMILES string of the molecule is C[CH2][Zn+].[O-]c1c(-c2ccccc2)cccc1-c1ccccc1. The van der Waals surface area contributed by atoms with Crippen LogP contribution < -0.4 is 5.11 Å². The Balaban J connectivity index is 0.000000545. The van der Waals surface area contributed by atoms with Crippen LogP contribution in [0.3, 0.4) is 0 Å². The second-order valence-electron chi connectivity index (χ2n) is 4.91. The van der Waals surface area contributed by atoms with E-state index in [-0.39, 0.29) is 5.75 Å². The van der Waals surface area contributed by atoms with E-state index >= 15 is 0 Å². The molecule has 0 saturated heterocycles. The molecule has 0 spiro atoms. The van der Waals surface area contributed by atoms with E-state index in [9.17, 15) is 5.11 Å². The van der Waals surface area contributed by atoms with Crippen molar-refractivity contribution in [1.29, 1.82) is 0 Å². The van der Waals surface area contributed by atoms with E-state index in [4.69, 9.17) is 0 Å². The summed E-state index contributed by atoms with van der Waals surface area (Å²) in [6.45, 7) is 2.18. The summed E-state index contributed by atoms with van der Waals surface area (Å²) >= 11 is 1.44. The summed E-state index contributed by atoms with van der Waals surface area (Å²) in [6.07, 6.45) is 0. The average molecular weight is 340 g/mol. The fourth-order valence-electron chi connectivity index (χ4n) is 2.23. The van der Waals surface area contributed by atoms with Crippen LogP contribution in [0.5, 0.6) is 5.75 Å². The molecule has 3 rings (SSSR count). The molecule has 0 aliphatic carbocycles. The largest absolute Gasteiger partial charge is 0.872 e. The fraction of sp³-hybridized carbons (Fsp3) is 0.100. The monoisotopic (exact) mass is 338 g/mol. The zero-order chi connectivity index (χ0) is 15.8. The van der Waals surface area contributed by atoms with Crippen molar-refractivity contribution < 1.29 is 23.4 Å². The number of hydrogen-bond donors (Lipinski definition) is 0. The van der Waals surface area contributed by atoms with Crippen LogP contribution in [0.1, 0.15) is 6.92 Å². The summed E-state index contributed by atoms with van der Waals surface area (Å²) in [5.41, 5.74) is 3.43. The van der Waals surface area contributed by atoms with E-state index in [0.717, 1.165) is 22.3 Å². The van der Waals surface area contributed by atoms with Gasteiger partial charge >= 0.3 is 30.2 Å². The van der Waals surface area contributed by atoms with Gasteiger partial charge in [0.2, 0.25) is 0 Å². The topological polar surface area (TPSA) is 23.1 Å². The molecular formula is C20H18OZn. The number of hydrogen-bond acceptors (Lipinski definition) is 1. The van der Waals surface area contributed by atoms with Gasteiger partial charge in [-0.25, -0.2) is 0 Å². The van der Waals surface area contributed by atoms with Gasteiger partial charge in [-0.05, 0) is 22.3 Å². The minimum atomic E-state index is 0.0832. The van der Waals surface area contributed by atoms with E-state index in [1.54, 1.807) is 0 Å². The van der Waals surface area contributed by atoms with Crippen LogP contribution in [0.15, 0.2) is 78.9 Å². The summed E-state index contributed by atoms with van der Waals surface area (Å²) in [6, 6.07) is 25.3. The standard InChI is InChI=1S/C18H14O.C2H5.Zn/c19-18-16(14-8-3-1-4-9-14)12-7-13-17(18)15-10-5-2-6-11-15;1-2;/h1-13,19H;1H2,2H3;/q;;+1/p-1. The molecule has 0 radical (unpaired) electrons. The minimum absolute atomic E-state index is 0.0832. The predicted octanol–water partition coefficient (Wildman–Crippen LogP) is 5.07. The van der Waals surface area contributed by atoms with Crippen LogP contribution >= 0.6 is 0 Å². The molecule has 0 aromatic heterocycles. The van der Waals surface area contributed by atoms with Crippen molar-refractivity contribution in [1.82, 2.24) is 0 Å². The van der Waals surface area contributed by atoms with Gasteiger partial charge in [0.05, 0.1) is 0 Å². The number of benzene rings is 3. The predicted molar refractivity (Wildman–Crippen MR) is 87.2 cm³/mol. The maximum absolute atomic E-state index is 12.6. The molecule has 0 bridgehead atoms. The summed E-state index contributed by atoms with van der Waals surface area (Å²) < 4.78 is 0. The van der Waals surface area contributed by atoms with Crippen molar-refractivity contribution in [2.45, 2.75) is 11.9 Å². The van der Waals surface area contributed by atoms with Crippen LogP contribution in [-0.2, 0) is 18.3 Å². The van der Waals surface area contributed by atoms with Crippen molar-refractivity contribution in [3.8, 4) is 28.0 Å². The second kappa shape index (κ2) is 8.51. The summed E-state index contributed by atoms with van der Waals surface area (Å²) in [4.78, 5) is 0. The maximum atomic E-state index is 12.6. The van der Waals surface area contributed by atoms with Gasteiger partial charge < -0.3 is 5.11 Å². The molecule has 0 heterocycles. The van der Waals surface area contributed by atoms with E-state index in [1.165, 1.54) is 23.3 Å². The molecule has 0 unspecified atom stereocenters. The molecule has 2 heteroatoms. The van der Waals surface area contributed by atoms with Gasteiger partial charge in [-0.2, -0.15) is 0 Å². The van der Waals surface area contributed by atoms with Crippen LogP contribution in [0.25, 0.3) is 22.3 Å². The summed E-state index contributed by atoms with van der Waals surface area (Å²) in [5.74, 6) is 0.0832. The third-order valence-corrected chi connectivity index (χ3v) is 3.18. The quantitative estimate of drug-likeness (QED) is 0.598. The fourth-order valence-corrected chi connectivity index (χ4v) is 2.23. The maximum Gasteiger partial charge on any atom is -0.0190 e. The van der Waals surface area contributed by atoms with Crippen LogP contribution in [0.4, 0.5) is 0 Å². The van der Waals surface area contributed by atoms with Crippen molar-refractivity contribution >= 4 is 0 Å². The molecule has 3 aromatic carbocycles. The van der Waals surface area contributed by atoms with Crippen molar-refractivity contribution in [3.63, 3.8) is 0 Å². The molecule has 1 nitrogen and oxygen atoms in total. The first-order valence-corrected chi connectivity index (χ1v) is 9.57. The summed E-state index contributed by atoms with van der Waals surface area (Å²) in [7, 11) is 0. The van der Waals surface area contributed by atoms with Gasteiger partial charge in [-0.1, -0.05) is 84.6 Å². The van der Waals surface area contributed by atoms with Gasteiger partial charge in [0, 0.05) is 0 Å². The first kappa shape index (κ1) is 16.5. The molecule has 0 aliphatic heterocycles. The van der Waals surface area contributed by atoms with Crippen molar-refractivity contribution in [2.75, 3.05) is 0 Å². The third-order valence-electron chi connectivity index (χ3n) is 3.18. The Morgan fingerprint density at radius 2 is 1.05 bits per heavy atom. The van der Waals surface area contributed by atoms with Crippen LogP contribution in [0, 0.1) is 0 Å². The van der Waals surface area contributed by atoms with Crippen LogP contribution in [0.2, 0.25) is 5.02 Å². The minimum Gasteiger partial charge on any atom is -0.872 e. The zero-order valence-electron chi connectivity index (χ0n) is 12.8. The number of para-hydroxylation sites is 1. The van der Waals surface area contributed by atoms with E-state index in [2.05, 4.69) is 6.92 Å². The molecular weight excluding hydrogens is 322 g/mol. The molecule has 0 aliphatic rings. The summed E-state index contributed by atoms with van der Waals surface area (Å²) in [5, 5.41) is 13.9. The van der Waals surface area contributed by atoms with E-state index in [0.29, 0.717) is 0 Å². The Morgan fingerprint density at radius 3 is 1.41 bits per heavy atom. The molecule has 3 aromatic rings. The normalized spacial score (nSPS) is 9.77. The second-order valence-corrected chi connectivity index (χ2v) is 7.01. The Bertz CT molecular complexity index is 636. The average Bonchev–Trinajstić information content (AvgIpc) is 2.57. The third kappa shape index (κ3) is 4.05. The van der Waals surface area contributed by atoms with E-state index < -0.39 is 0 Å². The first-order valence-electron chi connectivity index (χ1n) is 7.48. The molecule has 0 saturated carbocycles. The van der Waals surface area contributed by atoms with Gasteiger partial charge in [-0.3, -0.25) is 0 Å². The van der Waals surface area contributed by atoms with Crippen molar-refractivity contribution in [3.05, 3.63) is 78.9 Å². The Kier molecular flexibility index (Phi) is 6.36. The Labute approximate surface area is 142 Å². The molecule has 22 heavy (non-hydrogen) atoms. The van der Waals surface area contributed by atoms with Gasteiger partial charge in [-0.15, -0.1) is 0 Å². The molecule has 106 valence electrons. The molecule has 0 fully saturated rings. The zero-order valence-corrected chi connectivity index (χ0v) is 15.8. The van der Waals surface area contributed by atoms with Crippen molar-refractivity contribution in [2.24, 2.45) is 0 Å². The van der Waals surface area contributed by atoms with Gasteiger partial charge in [0.15, 0.2) is 0 Å². The van der Waals surface area contributed by atoms with Gasteiger partial charge in [0.1, 0.15) is 0 Å². The Morgan fingerprint density at radius 1 is 0.682 bits per heavy atom. The number of rotatable bonds is 2.